The van der Waals surface area contributed by atoms with Crippen molar-refractivity contribution in [2.24, 2.45) is 0 Å². The van der Waals surface area contributed by atoms with Crippen LogP contribution in [0.1, 0.15) is 12.0 Å². The highest BCUT2D eigenvalue weighted by Gasteiger charge is 2.15. The minimum absolute atomic E-state index is 0.0403. The third-order valence-corrected chi connectivity index (χ3v) is 4.13. The zero-order chi connectivity index (χ0) is 17.1. The molecular formula is C19H19FN2O2. The van der Waals surface area contributed by atoms with Gasteiger partial charge in [0.2, 0.25) is 5.91 Å². The van der Waals surface area contributed by atoms with E-state index in [9.17, 15) is 9.18 Å². The van der Waals surface area contributed by atoms with Gasteiger partial charge in [-0.15, -0.1) is 0 Å². The van der Waals surface area contributed by atoms with Crippen LogP contribution in [-0.2, 0) is 11.2 Å². The molecule has 0 saturated heterocycles. The summed E-state index contributed by atoms with van der Waals surface area (Å²) in [6, 6.07) is 12.3. The van der Waals surface area contributed by atoms with E-state index in [1.807, 2.05) is 24.3 Å². The van der Waals surface area contributed by atoms with Gasteiger partial charge in [0.1, 0.15) is 11.6 Å². The highest BCUT2D eigenvalue weighted by atomic mass is 19.1. The number of aromatic nitrogens is 1. The monoisotopic (exact) mass is 326 g/mol. The summed E-state index contributed by atoms with van der Waals surface area (Å²) in [4.78, 5) is 15.0. The topological polar surface area (TPSA) is 54.1 Å². The van der Waals surface area contributed by atoms with E-state index < -0.39 is 0 Å². The summed E-state index contributed by atoms with van der Waals surface area (Å²) in [7, 11) is 3.23. The minimum Gasteiger partial charge on any atom is -0.497 e. The Bertz CT molecular complexity index is 869. The zero-order valence-electron chi connectivity index (χ0n) is 13.7. The number of hydrogen-bond acceptors (Lipinski definition) is 2. The Balaban J connectivity index is 2.08. The molecule has 0 aliphatic rings. The van der Waals surface area contributed by atoms with E-state index >= 15 is 0 Å². The molecule has 5 heteroatoms. The molecular weight excluding hydrogens is 307 g/mol. The Labute approximate surface area is 139 Å². The second-order valence-electron chi connectivity index (χ2n) is 5.57. The lowest BCUT2D eigenvalue weighted by Crippen LogP contribution is -2.18. The van der Waals surface area contributed by atoms with Crippen molar-refractivity contribution in [3.63, 3.8) is 0 Å². The standard InChI is InChI=1S/C19H19FN2O2/c1-21-18(23)10-8-15-16-11-13(20)5-9-17(16)22-19(15)12-3-6-14(24-2)7-4-12/h3-7,9,11,22H,8,10H2,1-2H3,(H,21,23). The van der Waals surface area contributed by atoms with E-state index in [1.54, 1.807) is 20.2 Å². The number of halogens is 1. The minimum atomic E-state index is -0.288. The summed E-state index contributed by atoms with van der Waals surface area (Å²) in [5, 5.41) is 3.43. The molecule has 0 unspecified atom stereocenters. The van der Waals surface area contributed by atoms with Gasteiger partial charge in [0, 0.05) is 30.1 Å². The second-order valence-corrected chi connectivity index (χ2v) is 5.57. The molecule has 3 aromatic rings. The van der Waals surface area contributed by atoms with E-state index in [-0.39, 0.29) is 11.7 Å². The number of carbonyl (C=O) groups is 1. The number of ether oxygens (including phenoxy) is 1. The summed E-state index contributed by atoms with van der Waals surface area (Å²) in [6.07, 6.45) is 0.883. The predicted molar refractivity (Wildman–Crippen MR) is 92.6 cm³/mol. The molecule has 0 aliphatic heterocycles. The van der Waals surface area contributed by atoms with Crippen LogP contribution in [0.5, 0.6) is 5.75 Å². The molecule has 1 heterocycles. The normalized spacial score (nSPS) is 10.8. The number of aryl methyl sites for hydroxylation is 1. The molecule has 0 bridgehead atoms. The smallest absolute Gasteiger partial charge is 0.220 e. The molecule has 0 radical (unpaired) electrons. The Morgan fingerprint density at radius 3 is 2.62 bits per heavy atom. The average Bonchev–Trinajstić information content (AvgIpc) is 2.97. The molecule has 124 valence electrons. The molecule has 4 nitrogen and oxygen atoms in total. The Hall–Kier alpha value is -2.82. The summed E-state index contributed by atoms with van der Waals surface area (Å²) >= 11 is 0. The first-order chi connectivity index (χ1) is 11.6. The third kappa shape index (κ3) is 3.11. The van der Waals surface area contributed by atoms with Crippen LogP contribution in [-0.4, -0.2) is 25.0 Å². The molecule has 0 aliphatic carbocycles. The molecule has 3 rings (SSSR count). The number of hydrogen-bond donors (Lipinski definition) is 2. The van der Waals surface area contributed by atoms with Gasteiger partial charge in [-0.2, -0.15) is 0 Å². The maximum Gasteiger partial charge on any atom is 0.220 e. The molecule has 2 N–H and O–H groups in total. The number of aromatic amines is 1. The number of amides is 1. The number of rotatable bonds is 5. The van der Waals surface area contributed by atoms with E-state index in [0.717, 1.165) is 33.5 Å². The van der Waals surface area contributed by atoms with Gasteiger partial charge in [0.25, 0.3) is 0 Å². The van der Waals surface area contributed by atoms with Gasteiger partial charge in [-0.1, -0.05) is 0 Å². The summed E-state index contributed by atoms with van der Waals surface area (Å²) in [5.41, 5.74) is 3.67. The number of H-pyrrole nitrogens is 1. The molecule has 0 atom stereocenters. The van der Waals surface area contributed by atoms with Crippen LogP contribution in [0.3, 0.4) is 0 Å². The van der Waals surface area contributed by atoms with Crippen molar-refractivity contribution in [3.8, 4) is 17.0 Å². The van der Waals surface area contributed by atoms with Crippen LogP contribution >= 0.6 is 0 Å². The van der Waals surface area contributed by atoms with E-state index in [2.05, 4.69) is 10.3 Å². The zero-order valence-corrected chi connectivity index (χ0v) is 13.7. The third-order valence-electron chi connectivity index (χ3n) is 4.13. The fourth-order valence-corrected chi connectivity index (χ4v) is 2.85. The molecule has 1 amide bonds. The number of benzene rings is 2. The lowest BCUT2D eigenvalue weighted by atomic mass is 10.0. The summed E-state index contributed by atoms with van der Waals surface area (Å²) < 4.78 is 18.9. The first-order valence-corrected chi connectivity index (χ1v) is 7.77. The Morgan fingerprint density at radius 2 is 1.96 bits per heavy atom. The average molecular weight is 326 g/mol. The quantitative estimate of drug-likeness (QED) is 0.752. The molecule has 0 spiro atoms. The van der Waals surface area contributed by atoms with Crippen LogP contribution in [0, 0.1) is 5.82 Å². The van der Waals surface area contributed by atoms with Crippen molar-refractivity contribution >= 4 is 16.8 Å². The van der Waals surface area contributed by atoms with Crippen molar-refractivity contribution in [2.75, 3.05) is 14.2 Å². The van der Waals surface area contributed by atoms with Crippen molar-refractivity contribution in [1.29, 1.82) is 0 Å². The molecule has 1 aromatic heterocycles. The van der Waals surface area contributed by atoms with Gasteiger partial charge in [-0.05, 0) is 60.0 Å². The van der Waals surface area contributed by atoms with Gasteiger partial charge in [-0.25, -0.2) is 4.39 Å². The highest BCUT2D eigenvalue weighted by molar-refractivity contribution is 5.91. The van der Waals surface area contributed by atoms with Gasteiger partial charge in [0.15, 0.2) is 0 Å². The summed E-state index contributed by atoms with van der Waals surface area (Å²) in [5.74, 6) is 0.443. The summed E-state index contributed by atoms with van der Waals surface area (Å²) in [6.45, 7) is 0. The number of nitrogens with one attached hydrogen (secondary N) is 2. The van der Waals surface area contributed by atoms with Gasteiger partial charge in [-0.3, -0.25) is 4.79 Å². The van der Waals surface area contributed by atoms with Gasteiger partial charge in [0.05, 0.1) is 7.11 Å². The Morgan fingerprint density at radius 1 is 1.21 bits per heavy atom. The van der Waals surface area contributed by atoms with Crippen molar-refractivity contribution < 1.29 is 13.9 Å². The molecule has 0 saturated carbocycles. The largest absolute Gasteiger partial charge is 0.497 e. The van der Waals surface area contributed by atoms with E-state index in [0.29, 0.717) is 12.8 Å². The highest BCUT2D eigenvalue weighted by Crippen LogP contribution is 2.32. The van der Waals surface area contributed by atoms with Crippen LogP contribution in [0.2, 0.25) is 0 Å². The maximum atomic E-state index is 13.7. The van der Waals surface area contributed by atoms with E-state index in [4.69, 9.17) is 4.74 Å². The van der Waals surface area contributed by atoms with Crippen molar-refractivity contribution in [1.82, 2.24) is 10.3 Å². The number of fused-ring (bicyclic) bond motifs is 1. The van der Waals surface area contributed by atoms with Crippen LogP contribution < -0.4 is 10.1 Å². The van der Waals surface area contributed by atoms with E-state index in [1.165, 1.54) is 12.1 Å². The maximum absolute atomic E-state index is 13.7. The van der Waals surface area contributed by atoms with Gasteiger partial charge < -0.3 is 15.0 Å². The second kappa shape index (κ2) is 6.74. The van der Waals surface area contributed by atoms with Crippen molar-refractivity contribution in [3.05, 3.63) is 53.8 Å². The molecule has 24 heavy (non-hydrogen) atoms. The SMILES string of the molecule is CNC(=O)CCc1c(-c2ccc(OC)cc2)[nH]c2ccc(F)cc12. The first-order valence-electron chi connectivity index (χ1n) is 7.77. The fourth-order valence-electron chi connectivity index (χ4n) is 2.85. The molecule has 0 fully saturated rings. The van der Waals surface area contributed by atoms with Gasteiger partial charge >= 0.3 is 0 Å². The first kappa shape index (κ1) is 16.1. The number of carbonyl (C=O) groups excluding carboxylic acids is 1. The van der Waals surface area contributed by atoms with Crippen molar-refractivity contribution in [2.45, 2.75) is 12.8 Å². The fraction of sp³-hybridized carbons (Fsp3) is 0.211. The van der Waals surface area contributed by atoms with Crippen LogP contribution in [0.15, 0.2) is 42.5 Å². The Kier molecular flexibility index (Phi) is 4.51. The lowest BCUT2D eigenvalue weighted by Gasteiger charge is -2.06. The number of methoxy groups -OCH3 is 1. The predicted octanol–water partition coefficient (Wildman–Crippen LogP) is 3.66. The lowest BCUT2D eigenvalue weighted by molar-refractivity contribution is -0.120. The molecule has 2 aromatic carbocycles. The van der Waals surface area contributed by atoms with Crippen LogP contribution in [0.25, 0.3) is 22.2 Å². The van der Waals surface area contributed by atoms with Crippen LogP contribution in [0.4, 0.5) is 4.39 Å².